The molecule has 1 amide bonds. The first-order valence-corrected chi connectivity index (χ1v) is 8.79. The molecule has 0 radical (unpaired) electrons. The van der Waals surface area contributed by atoms with Crippen LogP contribution in [0.3, 0.4) is 0 Å². The molecule has 0 atom stereocenters. The molecule has 1 heterocycles. The second-order valence-corrected chi connectivity index (χ2v) is 7.17. The molecule has 0 aliphatic carbocycles. The van der Waals surface area contributed by atoms with Gasteiger partial charge in [0.1, 0.15) is 15.7 Å². The molecule has 0 spiro atoms. The number of thiazole rings is 1. The predicted octanol–water partition coefficient (Wildman–Crippen LogP) is 5.44. The van der Waals surface area contributed by atoms with Crippen LogP contribution >= 0.6 is 11.3 Å². The molecule has 0 fully saturated rings. The van der Waals surface area contributed by atoms with Crippen molar-refractivity contribution in [3.8, 4) is 10.6 Å². The van der Waals surface area contributed by atoms with Gasteiger partial charge < -0.3 is 5.32 Å². The van der Waals surface area contributed by atoms with Gasteiger partial charge in [0.25, 0.3) is 5.91 Å². The van der Waals surface area contributed by atoms with Crippen LogP contribution in [0.1, 0.15) is 32.1 Å². The van der Waals surface area contributed by atoms with Gasteiger partial charge in [-0.1, -0.05) is 17.7 Å². The van der Waals surface area contributed by atoms with E-state index >= 15 is 0 Å². The van der Waals surface area contributed by atoms with Crippen LogP contribution in [0, 0.1) is 33.5 Å². The smallest absolute Gasteiger partial charge is 0.267 e. The van der Waals surface area contributed by atoms with E-state index < -0.39 is 0 Å². The zero-order valence-electron chi connectivity index (χ0n) is 14.6. The first kappa shape index (κ1) is 17.3. The summed E-state index contributed by atoms with van der Waals surface area (Å²) in [6, 6.07) is 10.2. The largest absolute Gasteiger partial charge is 0.321 e. The number of benzene rings is 2. The zero-order chi connectivity index (χ0) is 18.1. The Labute approximate surface area is 150 Å². The number of aromatic nitrogens is 1. The van der Waals surface area contributed by atoms with Crippen molar-refractivity contribution in [3.05, 3.63) is 69.5 Å². The van der Waals surface area contributed by atoms with Gasteiger partial charge in [0.15, 0.2) is 0 Å². The number of carbonyl (C=O) groups is 1. The number of hydrogen-bond acceptors (Lipinski definition) is 3. The molecule has 0 saturated carbocycles. The Morgan fingerprint density at radius 2 is 1.64 bits per heavy atom. The van der Waals surface area contributed by atoms with Gasteiger partial charge in [-0.05, 0) is 63.1 Å². The van der Waals surface area contributed by atoms with Gasteiger partial charge in [-0.25, -0.2) is 9.37 Å². The fraction of sp³-hybridized carbons (Fsp3) is 0.200. The van der Waals surface area contributed by atoms with Gasteiger partial charge in [0.05, 0.1) is 5.69 Å². The standard InChI is InChI=1S/C20H19FN2OS/c1-11-9-12(2)17(13(3)10-11)23-19(24)18-14(4)22-20(25-18)15-5-7-16(21)8-6-15/h5-10H,1-4H3,(H,23,24). The fourth-order valence-electron chi connectivity index (χ4n) is 2.87. The van der Waals surface area contributed by atoms with Gasteiger partial charge in [-0.3, -0.25) is 4.79 Å². The number of anilines is 1. The highest BCUT2D eigenvalue weighted by Crippen LogP contribution is 2.30. The highest BCUT2D eigenvalue weighted by atomic mass is 32.1. The summed E-state index contributed by atoms with van der Waals surface area (Å²) in [6.45, 7) is 7.82. The number of aryl methyl sites for hydroxylation is 4. The average Bonchev–Trinajstić information content (AvgIpc) is 2.93. The highest BCUT2D eigenvalue weighted by molar-refractivity contribution is 7.17. The third-order valence-electron chi connectivity index (χ3n) is 4.01. The lowest BCUT2D eigenvalue weighted by Gasteiger charge is -2.12. The van der Waals surface area contributed by atoms with E-state index in [2.05, 4.69) is 10.3 Å². The van der Waals surface area contributed by atoms with Crippen LogP contribution in [0.4, 0.5) is 10.1 Å². The predicted molar refractivity (Wildman–Crippen MR) is 101 cm³/mol. The van der Waals surface area contributed by atoms with Crippen molar-refractivity contribution in [2.75, 3.05) is 5.32 Å². The van der Waals surface area contributed by atoms with Crippen LogP contribution in [-0.4, -0.2) is 10.9 Å². The summed E-state index contributed by atoms with van der Waals surface area (Å²) in [5.41, 5.74) is 5.55. The molecular formula is C20H19FN2OS. The maximum atomic E-state index is 13.1. The Morgan fingerprint density at radius 1 is 1.04 bits per heavy atom. The summed E-state index contributed by atoms with van der Waals surface area (Å²) < 4.78 is 13.1. The maximum absolute atomic E-state index is 13.1. The summed E-state index contributed by atoms with van der Waals surface area (Å²) in [7, 11) is 0. The second kappa shape index (κ2) is 6.76. The molecule has 3 nitrogen and oxygen atoms in total. The quantitative estimate of drug-likeness (QED) is 0.681. The van der Waals surface area contributed by atoms with Crippen LogP contribution in [0.2, 0.25) is 0 Å². The fourth-order valence-corrected chi connectivity index (χ4v) is 3.84. The third kappa shape index (κ3) is 3.61. The van der Waals surface area contributed by atoms with Crippen molar-refractivity contribution in [1.29, 1.82) is 0 Å². The Morgan fingerprint density at radius 3 is 2.24 bits per heavy atom. The average molecular weight is 354 g/mol. The Kier molecular flexibility index (Phi) is 4.68. The van der Waals surface area contributed by atoms with E-state index in [0.717, 1.165) is 22.4 Å². The second-order valence-electron chi connectivity index (χ2n) is 6.17. The van der Waals surface area contributed by atoms with Crippen molar-refractivity contribution in [2.45, 2.75) is 27.7 Å². The monoisotopic (exact) mass is 354 g/mol. The summed E-state index contributed by atoms with van der Waals surface area (Å²) in [4.78, 5) is 17.8. The summed E-state index contributed by atoms with van der Waals surface area (Å²) in [5.74, 6) is -0.460. The molecule has 0 aliphatic heterocycles. The zero-order valence-corrected chi connectivity index (χ0v) is 15.4. The first-order valence-electron chi connectivity index (χ1n) is 7.97. The molecule has 0 saturated heterocycles. The summed E-state index contributed by atoms with van der Waals surface area (Å²) in [5, 5.41) is 3.72. The van der Waals surface area contributed by atoms with Crippen LogP contribution in [-0.2, 0) is 0 Å². The molecule has 128 valence electrons. The van der Waals surface area contributed by atoms with E-state index in [4.69, 9.17) is 0 Å². The van der Waals surface area contributed by atoms with Crippen LogP contribution in [0.25, 0.3) is 10.6 Å². The van der Waals surface area contributed by atoms with Crippen LogP contribution < -0.4 is 5.32 Å². The third-order valence-corrected chi connectivity index (χ3v) is 5.21. The van der Waals surface area contributed by atoms with Gasteiger partial charge in [0, 0.05) is 11.3 Å². The Bertz CT molecular complexity index is 922. The summed E-state index contributed by atoms with van der Waals surface area (Å²) >= 11 is 1.32. The molecule has 3 rings (SSSR count). The van der Waals surface area contributed by atoms with E-state index in [9.17, 15) is 9.18 Å². The molecule has 0 unspecified atom stereocenters. The number of rotatable bonds is 3. The lowest BCUT2D eigenvalue weighted by atomic mass is 10.1. The normalized spacial score (nSPS) is 10.8. The number of nitrogens with one attached hydrogen (secondary N) is 1. The Hall–Kier alpha value is -2.53. The molecule has 5 heteroatoms. The van der Waals surface area contributed by atoms with E-state index in [1.807, 2.05) is 39.8 Å². The molecule has 0 bridgehead atoms. The number of halogens is 1. The minimum atomic E-state index is -0.291. The molecule has 3 aromatic rings. The van der Waals surface area contributed by atoms with Crippen molar-refractivity contribution >= 4 is 22.9 Å². The molecular weight excluding hydrogens is 335 g/mol. The van der Waals surface area contributed by atoms with E-state index in [1.54, 1.807) is 12.1 Å². The lowest BCUT2D eigenvalue weighted by molar-refractivity contribution is 0.102. The van der Waals surface area contributed by atoms with Crippen molar-refractivity contribution < 1.29 is 9.18 Å². The highest BCUT2D eigenvalue weighted by Gasteiger charge is 2.18. The number of hydrogen-bond donors (Lipinski definition) is 1. The number of nitrogens with zero attached hydrogens (tertiary/aromatic N) is 1. The van der Waals surface area contributed by atoms with Crippen molar-refractivity contribution in [2.24, 2.45) is 0 Å². The lowest BCUT2D eigenvalue weighted by Crippen LogP contribution is -2.13. The first-order chi connectivity index (χ1) is 11.8. The molecule has 1 aromatic heterocycles. The Balaban J connectivity index is 1.90. The van der Waals surface area contributed by atoms with Crippen molar-refractivity contribution in [3.63, 3.8) is 0 Å². The number of carbonyl (C=O) groups excluding carboxylic acids is 1. The molecule has 2 aromatic carbocycles. The number of amides is 1. The SMILES string of the molecule is Cc1cc(C)c(NC(=O)c2sc(-c3ccc(F)cc3)nc2C)c(C)c1. The molecule has 0 aliphatic rings. The van der Waals surface area contributed by atoms with Gasteiger partial charge in [0.2, 0.25) is 0 Å². The van der Waals surface area contributed by atoms with E-state index in [1.165, 1.54) is 29.0 Å². The molecule has 1 N–H and O–H groups in total. The van der Waals surface area contributed by atoms with Crippen LogP contribution in [0.15, 0.2) is 36.4 Å². The summed E-state index contributed by atoms with van der Waals surface area (Å²) in [6.07, 6.45) is 0. The minimum absolute atomic E-state index is 0.168. The van der Waals surface area contributed by atoms with Gasteiger partial charge in [-0.2, -0.15) is 0 Å². The van der Waals surface area contributed by atoms with Gasteiger partial charge in [-0.15, -0.1) is 11.3 Å². The minimum Gasteiger partial charge on any atom is -0.321 e. The topological polar surface area (TPSA) is 42.0 Å². The van der Waals surface area contributed by atoms with Crippen LogP contribution in [0.5, 0.6) is 0 Å². The van der Waals surface area contributed by atoms with Gasteiger partial charge >= 0.3 is 0 Å². The van der Waals surface area contributed by atoms with E-state index in [0.29, 0.717) is 15.6 Å². The molecule has 25 heavy (non-hydrogen) atoms. The maximum Gasteiger partial charge on any atom is 0.267 e. The van der Waals surface area contributed by atoms with E-state index in [-0.39, 0.29) is 11.7 Å². The van der Waals surface area contributed by atoms with Crippen molar-refractivity contribution in [1.82, 2.24) is 4.98 Å².